The molecule has 1 unspecified atom stereocenters. The fourth-order valence-corrected chi connectivity index (χ4v) is 2.69. The Labute approximate surface area is 139 Å². The molecule has 0 saturated carbocycles. The molecule has 0 amide bonds. The van der Waals surface area contributed by atoms with Crippen LogP contribution < -0.4 is 0 Å². The number of aliphatic hydroxyl groups excluding tert-OH is 1. The minimum absolute atomic E-state index is 0.0730. The summed E-state index contributed by atoms with van der Waals surface area (Å²) in [6, 6.07) is 7.90. The van der Waals surface area contributed by atoms with Crippen LogP contribution >= 0.6 is 0 Å². The standard InChI is InChI=1S/C17H16N6O/c1-11-3-14-16(4-12(11)2)22(9-20-14)7-13(24)8-23-10-21-15(5-18)17(23)6-19/h3-4,9-10,13,24H,7-8H2,1-2H3. The van der Waals surface area contributed by atoms with Crippen LogP contribution in [0.15, 0.2) is 24.8 Å². The largest absolute Gasteiger partial charge is 0.389 e. The summed E-state index contributed by atoms with van der Waals surface area (Å²) in [7, 11) is 0. The van der Waals surface area contributed by atoms with Crippen molar-refractivity contribution in [1.29, 1.82) is 10.5 Å². The molecule has 1 N–H and O–H groups in total. The summed E-state index contributed by atoms with van der Waals surface area (Å²) in [5.41, 5.74) is 4.42. The van der Waals surface area contributed by atoms with Crippen LogP contribution in [0.4, 0.5) is 0 Å². The van der Waals surface area contributed by atoms with Crippen LogP contribution in [-0.4, -0.2) is 30.3 Å². The number of hydrogen-bond acceptors (Lipinski definition) is 5. The predicted molar refractivity (Wildman–Crippen MR) is 86.9 cm³/mol. The van der Waals surface area contributed by atoms with Crippen LogP contribution in [0.3, 0.4) is 0 Å². The van der Waals surface area contributed by atoms with Crippen LogP contribution in [0.5, 0.6) is 0 Å². The maximum absolute atomic E-state index is 10.4. The van der Waals surface area contributed by atoms with Crippen molar-refractivity contribution >= 4 is 11.0 Å². The van der Waals surface area contributed by atoms with E-state index in [4.69, 9.17) is 10.5 Å². The molecule has 0 spiro atoms. The lowest BCUT2D eigenvalue weighted by molar-refractivity contribution is 0.135. The van der Waals surface area contributed by atoms with E-state index in [9.17, 15) is 5.11 Å². The van der Waals surface area contributed by atoms with Crippen molar-refractivity contribution in [3.63, 3.8) is 0 Å². The smallest absolute Gasteiger partial charge is 0.176 e. The van der Waals surface area contributed by atoms with Gasteiger partial charge in [-0.25, -0.2) is 9.97 Å². The third-order valence-corrected chi connectivity index (χ3v) is 4.10. The molecule has 3 aromatic rings. The normalized spacial score (nSPS) is 12.0. The van der Waals surface area contributed by atoms with Gasteiger partial charge in [-0.1, -0.05) is 0 Å². The van der Waals surface area contributed by atoms with Gasteiger partial charge in [0.1, 0.15) is 12.1 Å². The number of aromatic nitrogens is 4. The topological polar surface area (TPSA) is 103 Å². The molecule has 0 radical (unpaired) electrons. The molecule has 0 saturated heterocycles. The second-order valence-electron chi connectivity index (χ2n) is 5.79. The Bertz CT molecular complexity index is 985. The first-order valence-electron chi connectivity index (χ1n) is 7.49. The Kier molecular flexibility index (Phi) is 4.03. The zero-order valence-corrected chi connectivity index (χ0v) is 13.4. The van der Waals surface area contributed by atoms with Crippen molar-refractivity contribution in [3.05, 3.63) is 47.3 Å². The first kappa shape index (κ1) is 15.7. The van der Waals surface area contributed by atoms with Gasteiger partial charge in [-0.2, -0.15) is 10.5 Å². The molecule has 0 fully saturated rings. The number of nitriles is 2. The Morgan fingerprint density at radius 2 is 1.71 bits per heavy atom. The summed E-state index contributed by atoms with van der Waals surface area (Å²) in [4.78, 5) is 8.24. The SMILES string of the molecule is Cc1cc2ncn(CC(O)Cn3cnc(C#N)c3C#N)c2cc1C. The van der Waals surface area contributed by atoms with Crippen molar-refractivity contribution < 1.29 is 5.11 Å². The lowest BCUT2D eigenvalue weighted by atomic mass is 10.1. The predicted octanol–water partition coefficient (Wildman–Crippen LogP) is 1.65. The molecule has 7 heteroatoms. The van der Waals surface area contributed by atoms with Crippen LogP contribution in [0.25, 0.3) is 11.0 Å². The number of rotatable bonds is 4. The zero-order chi connectivity index (χ0) is 17.3. The van der Waals surface area contributed by atoms with Crippen molar-refractivity contribution in [2.45, 2.75) is 33.0 Å². The Morgan fingerprint density at radius 1 is 1.04 bits per heavy atom. The van der Waals surface area contributed by atoms with E-state index < -0.39 is 6.10 Å². The number of nitrogens with zero attached hydrogens (tertiary/aromatic N) is 6. The molecule has 0 aliphatic heterocycles. The molecule has 3 rings (SSSR count). The molecule has 1 atom stereocenters. The van der Waals surface area contributed by atoms with Crippen LogP contribution in [-0.2, 0) is 13.1 Å². The number of fused-ring (bicyclic) bond motifs is 1. The molecule has 1 aromatic carbocycles. The van der Waals surface area contributed by atoms with Gasteiger partial charge in [0.25, 0.3) is 0 Å². The molecule has 120 valence electrons. The molecular weight excluding hydrogens is 304 g/mol. The van der Waals surface area contributed by atoms with E-state index in [1.165, 1.54) is 22.0 Å². The maximum atomic E-state index is 10.4. The minimum atomic E-state index is -0.739. The molecule has 0 aliphatic rings. The van der Waals surface area contributed by atoms with Crippen LogP contribution in [0.1, 0.15) is 22.5 Å². The second-order valence-corrected chi connectivity index (χ2v) is 5.79. The average molecular weight is 320 g/mol. The first-order chi connectivity index (χ1) is 11.5. The molecular formula is C17H16N6O. The quantitative estimate of drug-likeness (QED) is 0.787. The number of imidazole rings is 2. The minimum Gasteiger partial charge on any atom is -0.389 e. The van der Waals surface area contributed by atoms with Gasteiger partial charge in [-0.15, -0.1) is 0 Å². The summed E-state index contributed by atoms with van der Waals surface area (Å²) in [6.07, 6.45) is 2.36. The summed E-state index contributed by atoms with van der Waals surface area (Å²) >= 11 is 0. The van der Waals surface area contributed by atoms with Gasteiger partial charge in [-0.3, -0.25) is 0 Å². The lowest BCUT2D eigenvalue weighted by Crippen LogP contribution is -2.22. The first-order valence-corrected chi connectivity index (χ1v) is 7.49. The number of hydrogen-bond donors (Lipinski definition) is 1. The zero-order valence-electron chi connectivity index (χ0n) is 13.4. The fourth-order valence-electron chi connectivity index (χ4n) is 2.69. The Morgan fingerprint density at radius 3 is 2.42 bits per heavy atom. The summed E-state index contributed by atoms with van der Waals surface area (Å²) < 4.78 is 3.39. The highest BCUT2D eigenvalue weighted by atomic mass is 16.3. The molecule has 7 nitrogen and oxygen atoms in total. The van der Waals surface area contributed by atoms with Gasteiger partial charge in [0.05, 0.1) is 42.9 Å². The summed E-state index contributed by atoms with van der Waals surface area (Å²) in [6.45, 7) is 4.60. The Balaban J connectivity index is 1.82. The second kappa shape index (κ2) is 6.15. The highest BCUT2D eigenvalue weighted by Gasteiger charge is 2.15. The van der Waals surface area contributed by atoms with Crippen molar-refractivity contribution in [2.75, 3.05) is 0 Å². The summed E-state index contributed by atoms with van der Waals surface area (Å²) in [5, 5.41) is 28.4. The third kappa shape index (κ3) is 2.73. The number of aryl methyl sites for hydroxylation is 2. The summed E-state index contributed by atoms with van der Waals surface area (Å²) in [5.74, 6) is 0. The fraction of sp³-hybridized carbons (Fsp3) is 0.294. The van der Waals surface area contributed by atoms with Gasteiger partial charge >= 0.3 is 0 Å². The van der Waals surface area contributed by atoms with Gasteiger partial charge in [0, 0.05) is 0 Å². The Hall–Kier alpha value is -3.16. The van der Waals surface area contributed by atoms with Gasteiger partial charge in [0.15, 0.2) is 11.4 Å². The van der Waals surface area contributed by atoms with E-state index in [2.05, 4.69) is 16.0 Å². The maximum Gasteiger partial charge on any atom is 0.176 e. The van der Waals surface area contributed by atoms with E-state index in [0.717, 1.165) is 11.0 Å². The number of aliphatic hydroxyl groups is 1. The van der Waals surface area contributed by atoms with Gasteiger partial charge in [-0.05, 0) is 37.1 Å². The van der Waals surface area contributed by atoms with E-state index in [1.807, 2.05) is 36.6 Å². The van der Waals surface area contributed by atoms with Crippen molar-refractivity contribution in [2.24, 2.45) is 0 Å². The monoisotopic (exact) mass is 320 g/mol. The average Bonchev–Trinajstić information content (AvgIpc) is 3.12. The van der Waals surface area contributed by atoms with Crippen molar-refractivity contribution in [3.8, 4) is 12.1 Å². The highest BCUT2D eigenvalue weighted by molar-refractivity contribution is 5.77. The molecule has 0 bridgehead atoms. The van der Waals surface area contributed by atoms with Crippen LogP contribution in [0.2, 0.25) is 0 Å². The lowest BCUT2D eigenvalue weighted by Gasteiger charge is -2.13. The molecule has 2 aromatic heterocycles. The number of benzene rings is 1. The van der Waals surface area contributed by atoms with Crippen LogP contribution in [0, 0.1) is 36.5 Å². The molecule has 0 aliphatic carbocycles. The van der Waals surface area contributed by atoms with Gasteiger partial charge < -0.3 is 14.2 Å². The highest BCUT2D eigenvalue weighted by Crippen LogP contribution is 2.19. The molecule has 24 heavy (non-hydrogen) atoms. The van der Waals surface area contributed by atoms with E-state index in [0.29, 0.717) is 6.54 Å². The van der Waals surface area contributed by atoms with E-state index in [1.54, 1.807) is 6.33 Å². The molecule has 2 heterocycles. The van der Waals surface area contributed by atoms with E-state index >= 15 is 0 Å². The van der Waals surface area contributed by atoms with E-state index in [-0.39, 0.29) is 17.9 Å². The van der Waals surface area contributed by atoms with Crippen molar-refractivity contribution in [1.82, 2.24) is 19.1 Å². The van der Waals surface area contributed by atoms with Gasteiger partial charge in [0.2, 0.25) is 0 Å². The third-order valence-electron chi connectivity index (χ3n) is 4.10.